The fourth-order valence-electron chi connectivity index (χ4n) is 2.66. The number of aromatic nitrogens is 4. The van der Waals surface area contributed by atoms with Crippen molar-refractivity contribution in [3.63, 3.8) is 0 Å². The summed E-state index contributed by atoms with van der Waals surface area (Å²) in [5.74, 6) is -0.562. The fourth-order valence-corrected chi connectivity index (χ4v) is 3.82. The van der Waals surface area contributed by atoms with Gasteiger partial charge in [-0.1, -0.05) is 13.3 Å². The lowest BCUT2D eigenvalue weighted by atomic mass is 10.2. The van der Waals surface area contributed by atoms with E-state index in [0.717, 1.165) is 22.4 Å². The third-order valence-corrected chi connectivity index (χ3v) is 5.06. The first kappa shape index (κ1) is 18.7. The summed E-state index contributed by atoms with van der Waals surface area (Å²) in [5, 5.41) is 15.5. The molecular formula is C16H18N6O4S. The predicted molar refractivity (Wildman–Crippen MR) is 101 cm³/mol. The van der Waals surface area contributed by atoms with Gasteiger partial charge in [0.2, 0.25) is 5.69 Å². The summed E-state index contributed by atoms with van der Waals surface area (Å²) in [6, 6.07) is 1.77. The van der Waals surface area contributed by atoms with Crippen LogP contribution in [0.15, 0.2) is 17.1 Å². The van der Waals surface area contributed by atoms with Gasteiger partial charge >= 0.3 is 5.69 Å². The third kappa shape index (κ3) is 3.45. The Labute approximate surface area is 157 Å². The van der Waals surface area contributed by atoms with Crippen molar-refractivity contribution in [2.45, 2.75) is 40.2 Å². The second kappa shape index (κ2) is 7.27. The van der Waals surface area contributed by atoms with Crippen molar-refractivity contribution in [2.24, 2.45) is 0 Å². The number of thiophene rings is 1. The number of carbonyl (C=O) groups excluding carboxylic acids is 1. The Morgan fingerprint density at radius 1 is 1.41 bits per heavy atom. The molecule has 3 heterocycles. The van der Waals surface area contributed by atoms with E-state index < -0.39 is 22.1 Å². The van der Waals surface area contributed by atoms with Gasteiger partial charge in [0, 0.05) is 11.4 Å². The Kier molecular flexibility index (Phi) is 5.04. The maximum atomic E-state index is 12.8. The topological polar surface area (TPSA) is 125 Å². The zero-order chi connectivity index (χ0) is 19.7. The van der Waals surface area contributed by atoms with Gasteiger partial charge in [-0.15, -0.1) is 11.3 Å². The number of nitrogens with zero attached hydrogens (tertiary/aromatic N) is 5. The van der Waals surface area contributed by atoms with E-state index in [1.165, 1.54) is 22.2 Å². The number of carbonyl (C=O) groups is 1. The normalized spacial score (nSPS) is 11.1. The van der Waals surface area contributed by atoms with Crippen LogP contribution >= 0.6 is 11.3 Å². The SMILES string of the molecule is CCCc1cc2c(=O)n(NC(=O)c3nn(CC)cc3[N+](=O)[O-])c(C)nc2s1. The van der Waals surface area contributed by atoms with Gasteiger partial charge in [0.1, 0.15) is 16.9 Å². The molecule has 3 aromatic heterocycles. The van der Waals surface area contributed by atoms with Crippen LogP contribution in [0.4, 0.5) is 5.69 Å². The highest BCUT2D eigenvalue weighted by Crippen LogP contribution is 2.23. The molecule has 0 aliphatic rings. The van der Waals surface area contributed by atoms with Crippen molar-refractivity contribution in [3.05, 3.63) is 49.1 Å². The first-order valence-corrected chi connectivity index (χ1v) is 9.22. The molecule has 0 aliphatic heterocycles. The fraction of sp³-hybridized carbons (Fsp3) is 0.375. The highest BCUT2D eigenvalue weighted by atomic mass is 32.1. The minimum atomic E-state index is -0.843. The smallest absolute Gasteiger partial charge is 0.267 e. The Hall–Kier alpha value is -3.08. The van der Waals surface area contributed by atoms with Gasteiger partial charge in [0.05, 0.1) is 10.3 Å². The molecule has 11 heteroatoms. The van der Waals surface area contributed by atoms with Crippen LogP contribution in [-0.4, -0.2) is 30.3 Å². The van der Waals surface area contributed by atoms with Crippen molar-refractivity contribution < 1.29 is 9.72 Å². The monoisotopic (exact) mass is 390 g/mol. The van der Waals surface area contributed by atoms with E-state index in [2.05, 4.69) is 15.5 Å². The Morgan fingerprint density at radius 3 is 2.78 bits per heavy atom. The number of rotatable bonds is 6. The average molecular weight is 390 g/mol. The Morgan fingerprint density at radius 2 is 2.15 bits per heavy atom. The molecule has 3 rings (SSSR count). The van der Waals surface area contributed by atoms with Crippen LogP contribution in [0.25, 0.3) is 10.2 Å². The van der Waals surface area contributed by atoms with Gasteiger partial charge in [-0.25, -0.2) is 9.66 Å². The van der Waals surface area contributed by atoms with Crippen molar-refractivity contribution in [1.29, 1.82) is 0 Å². The van der Waals surface area contributed by atoms with E-state index >= 15 is 0 Å². The molecule has 3 aromatic rings. The second-order valence-electron chi connectivity index (χ2n) is 5.90. The molecule has 1 N–H and O–H groups in total. The molecular weight excluding hydrogens is 372 g/mol. The number of fused-ring (bicyclic) bond motifs is 1. The van der Waals surface area contributed by atoms with Gasteiger partial charge in [0.15, 0.2) is 0 Å². The number of nitrogens with one attached hydrogen (secondary N) is 1. The van der Waals surface area contributed by atoms with Gasteiger partial charge < -0.3 is 0 Å². The van der Waals surface area contributed by atoms with E-state index in [0.29, 0.717) is 16.8 Å². The van der Waals surface area contributed by atoms with Crippen LogP contribution in [-0.2, 0) is 13.0 Å². The summed E-state index contributed by atoms with van der Waals surface area (Å²) < 4.78 is 2.29. The first-order chi connectivity index (χ1) is 12.8. The lowest BCUT2D eigenvalue weighted by Crippen LogP contribution is -2.35. The lowest BCUT2D eigenvalue weighted by Gasteiger charge is -2.09. The average Bonchev–Trinajstić information content (AvgIpc) is 3.23. The van der Waals surface area contributed by atoms with Crippen LogP contribution in [0.1, 0.15) is 41.5 Å². The van der Waals surface area contributed by atoms with Crippen molar-refractivity contribution in [1.82, 2.24) is 19.4 Å². The zero-order valence-corrected chi connectivity index (χ0v) is 15.9. The Balaban J connectivity index is 2.01. The molecule has 0 fully saturated rings. The zero-order valence-electron chi connectivity index (χ0n) is 15.1. The molecule has 0 radical (unpaired) electrons. The van der Waals surface area contributed by atoms with Crippen molar-refractivity contribution in [2.75, 3.05) is 5.43 Å². The molecule has 0 spiro atoms. The number of hydrogen-bond donors (Lipinski definition) is 1. The number of aryl methyl sites for hydroxylation is 3. The molecule has 142 valence electrons. The molecule has 0 unspecified atom stereocenters. The van der Waals surface area contributed by atoms with E-state index in [4.69, 9.17) is 0 Å². The quantitative estimate of drug-likeness (QED) is 0.508. The summed E-state index contributed by atoms with van der Waals surface area (Å²) >= 11 is 1.44. The number of nitro groups is 1. The summed E-state index contributed by atoms with van der Waals surface area (Å²) in [6.07, 6.45) is 2.97. The third-order valence-electron chi connectivity index (χ3n) is 3.97. The van der Waals surface area contributed by atoms with Crippen LogP contribution in [0.3, 0.4) is 0 Å². The van der Waals surface area contributed by atoms with Crippen molar-refractivity contribution in [3.8, 4) is 0 Å². The van der Waals surface area contributed by atoms with E-state index in [-0.39, 0.29) is 11.5 Å². The van der Waals surface area contributed by atoms with Crippen molar-refractivity contribution >= 4 is 33.1 Å². The minimum absolute atomic E-state index is 0.281. The lowest BCUT2D eigenvalue weighted by molar-refractivity contribution is -0.385. The van der Waals surface area contributed by atoms with Crippen LogP contribution in [0, 0.1) is 17.0 Å². The highest BCUT2D eigenvalue weighted by molar-refractivity contribution is 7.18. The van der Waals surface area contributed by atoms with E-state index in [9.17, 15) is 19.7 Å². The molecule has 1 amide bonds. The molecule has 27 heavy (non-hydrogen) atoms. The molecule has 10 nitrogen and oxygen atoms in total. The van der Waals surface area contributed by atoms with Gasteiger partial charge in [-0.2, -0.15) is 5.10 Å². The highest BCUT2D eigenvalue weighted by Gasteiger charge is 2.26. The molecule has 0 atom stereocenters. The largest absolute Gasteiger partial charge is 0.320 e. The molecule has 0 aliphatic carbocycles. The Bertz CT molecular complexity index is 1100. The standard InChI is InChI=1S/C16H18N6O4S/c1-4-6-10-7-11-15(27-10)17-9(3)21(16(11)24)19-14(23)13-12(22(25)26)8-20(5-2)18-13/h7-8H,4-6H2,1-3H3,(H,19,23). The summed E-state index contributed by atoms with van der Waals surface area (Å²) in [6.45, 7) is 5.74. The molecule has 0 bridgehead atoms. The van der Waals surface area contributed by atoms with Gasteiger partial charge in [0.25, 0.3) is 11.5 Å². The maximum absolute atomic E-state index is 12.8. The van der Waals surface area contributed by atoms with Crippen LogP contribution in [0.2, 0.25) is 0 Å². The number of hydrogen-bond acceptors (Lipinski definition) is 7. The summed E-state index contributed by atoms with van der Waals surface area (Å²) in [7, 11) is 0. The van der Waals surface area contributed by atoms with E-state index in [1.54, 1.807) is 19.9 Å². The number of amides is 1. The molecule has 0 saturated heterocycles. The van der Waals surface area contributed by atoms with Gasteiger partial charge in [-0.05, 0) is 26.3 Å². The molecule has 0 saturated carbocycles. The van der Waals surface area contributed by atoms with Crippen LogP contribution in [0.5, 0.6) is 0 Å². The first-order valence-electron chi connectivity index (χ1n) is 8.41. The predicted octanol–water partition coefficient (Wildman–Crippen LogP) is 2.23. The summed E-state index contributed by atoms with van der Waals surface area (Å²) in [4.78, 5) is 41.8. The summed E-state index contributed by atoms with van der Waals surface area (Å²) in [5.41, 5.74) is 1.18. The van der Waals surface area contributed by atoms with E-state index in [1.807, 2.05) is 6.92 Å². The van der Waals surface area contributed by atoms with Crippen LogP contribution < -0.4 is 11.0 Å². The maximum Gasteiger partial charge on any atom is 0.320 e. The minimum Gasteiger partial charge on any atom is -0.267 e. The second-order valence-corrected chi connectivity index (χ2v) is 7.01. The molecule has 0 aromatic carbocycles. The van der Waals surface area contributed by atoms with Gasteiger partial charge in [-0.3, -0.25) is 29.8 Å².